The van der Waals surface area contributed by atoms with Crippen LogP contribution in [0.2, 0.25) is 0 Å². The van der Waals surface area contributed by atoms with Crippen molar-refractivity contribution in [2.75, 3.05) is 5.32 Å². The van der Waals surface area contributed by atoms with Crippen molar-refractivity contribution >= 4 is 34.4 Å². The molecular weight excluding hydrogens is 415 g/mol. The number of pyridine rings is 1. The van der Waals surface area contributed by atoms with Gasteiger partial charge in [0.05, 0.1) is 17.7 Å². The Hall–Kier alpha value is -3.46. The summed E-state index contributed by atoms with van der Waals surface area (Å²) < 4.78 is 39.2. The molecule has 0 radical (unpaired) electrons. The molecule has 1 N–H and O–H groups in total. The Morgan fingerprint density at radius 2 is 1.77 bits per heavy atom. The number of nitrogens with zero attached hydrogens (tertiary/aromatic N) is 2. The minimum atomic E-state index is -4.52. The zero-order chi connectivity index (χ0) is 21.3. The largest absolute Gasteiger partial charge is 0.416 e. The summed E-state index contributed by atoms with van der Waals surface area (Å²) in [5, 5.41) is 4.51. The van der Waals surface area contributed by atoms with Gasteiger partial charge in [0.25, 0.3) is 11.8 Å². The second kappa shape index (κ2) is 7.75. The van der Waals surface area contributed by atoms with Crippen molar-refractivity contribution in [2.24, 2.45) is 0 Å². The molecule has 30 heavy (non-hydrogen) atoms. The van der Waals surface area contributed by atoms with Gasteiger partial charge in [0.2, 0.25) is 0 Å². The molecule has 3 heterocycles. The van der Waals surface area contributed by atoms with E-state index in [4.69, 9.17) is 0 Å². The van der Waals surface area contributed by atoms with Gasteiger partial charge < -0.3 is 5.32 Å². The van der Waals surface area contributed by atoms with Crippen LogP contribution in [0.3, 0.4) is 0 Å². The molecule has 3 aromatic rings. The Kier molecular flexibility index (Phi) is 5.13. The summed E-state index contributed by atoms with van der Waals surface area (Å²) in [5.41, 5.74) is 0.0202. The second-order valence-electron chi connectivity index (χ2n) is 6.48. The van der Waals surface area contributed by atoms with Gasteiger partial charge in [-0.1, -0.05) is 12.1 Å². The summed E-state index contributed by atoms with van der Waals surface area (Å²) in [6.07, 6.45) is -1.42. The minimum Gasteiger partial charge on any atom is -0.350 e. The lowest BCUT2D eigenvalue weighted by Gasteiger charge is -2.15. The molecule has 0 unspecified atom stereocenters. The van der Waals surface area contributed by atoms with Crippen LogP contribution in [-0.4, -0.2) is 21.7 Å². The number of anilines is 1. The number of aromatic nitrogens is 1. The van der Waals surface area contributed by atoms with Gasteiger partial charge in [0, 0.05) is 23.0 Å². The van der Waals surface area contributed by atoms with Crippen molar-refractivity contribution in [3.63, 3.8) is 0 Å². The molecule has 4 rings (SSSR count). The number of hydrogen-bond acceptors (Lipinski definition) is 5. The SMILES string of the molecule is O=C1C(Nc2cccc(C(F)(F)F)c2)=C(c2cccs2)C(=O)N1Cc1ccncc1. The lowest BCUT2D eigenvalue weighted by molar-refractivity contribution is -0.138. The molecule has 0 atom stereocenters. The highest BCUT2D eigenvalue weighted by atomic mass is 32.1. The van der Waals surface area contributed by atoms with Gasteiger partial charge in [-0.25, -0.2) is 0 Å². The summed E-state index contributed by atoms with van der Waals surface area (Å²) in [7, 11) is 0. The molecule has 1 aliphatic rings. The number of hydrogen-bond donors (Lipinski definition) is 1. The summed E-state index contributed by atoms with van der Waals surface area (Å²) in [6.45, 7) is 0.0306. The van der Waals surface area contributed by atoms with Gasteiger partial charge >= 0.3 is 6.18 Å². The molecule has 0 saturated heterocycles. The minimum absolute atomic E-state index is 0.0306. The lowest BCUT2D eigenvalue weighted by Crippen LogP contribution is -2.32. The van der Waals surface area contributed by atoms with E-state index in [1.54, 1.807) is 42.0 Å². The number of benzene rings is 1. The molecule has 0 bridgehead atoms. The van der Waals surface area contributed by atoms with Crippen molar-refractivity contribution in [2.45, 2.75) is 12.7 Å². The van der Waals surface area contributed by atoms with E-state index >= 15 is 0 Å². The van der Waals surface area contributed by atoms with Gasteiger partial charge in [-0.05, 0) is 47.3 Å². The first-order valence-corrected chi connectivity index (χ1v) is 9.70. The quantitative estimate of drug-likeness (QED) is 0.605. The van der Waals surface area contributed by atoms with Crippen LogP contribution >= 0.6 is 11.3 Å². The van der Waals surface area contributed by atoms with Crippen molar-refractivity contribution < 1.29 is 22.8 Å². The number of rotatable bonds is 5. The average Bonchev–Trinajstić information content (AvgIpc) is 3.32. The van der Waals surface area contributed by atoms with Crippen LogP contribution in [0, 0.1) is 0 Å². The van der Waals surface area contributed by atoms with Crippen molar-refractivity contribution in [3.8, 4) is 0 Å². The number of carbonyl (C=O) groups excluding carboxylic acids is 2. The Balaban J connectivity index is 1.71. The Morgan fingerprint density at radius 3 is 2.43 bits per heavy atom. The first kappa shape index (κ1) is 19.8. The molecule has 5 nitrogen and oxygen atoms in total. The Labute approximate surface area is 173 Å². The monoisotopic (exact) mass is 429 g/mol. The third-order valence-electron chi connectivity index (χ3n) is 4.48. The number of imide groups is 1. The normalized spacial score (nSPS) is 14.6. The molecule has 9 heteroatoms. The van der Waals surface area contributed by atoms with E-state index in [2.05, 4.69) is 10.3 Å². The van der Waals surface area contributed by atoms with Crippen LogP contribution < -0.4 is 5.32 Å². The van der Waals surface area contributed by atoms with E-state index in [0.717, 1.165) is 17.0 Å². The van der Waals surface area contributed by atoms with Crippen LogP contribution in [-0.2, 0) is 22.3 Å². The van der Waals surface area contributed by atoms with Crippen LogP contribution in [0.4, 0.5) is 18.9 Å². The van der Waals surface area contributed by atoms with Crippen LogP contribution in [0.25, 0.3) is 5.57 Å². The maximum atomic E-state index is 13.1. The fourth-order valence-electron chi connectivity index (χ4n) is 3.07. The highest BCUT2D eigenvalue weighted by Crippen LogP contribution is 2.35. The topological polar surface area (TPSA) is 62.3 Å². The molecule has 0 spiro atoms. The molecule has 1 aliphatic heterocycles. The predicted octanol–water partition coefficient (Wildman–Crippen LogP) is 4.55. The second-order valence-corrected chi connectivity index (χ2v) is 7.43. The fraction of sp³-hybridized carbons (Fsp3) is 0.0952. The van der Waals surface area contributed by atoms with Crippen LogP contribution in [0.1, 0.15) is 16.0 Å². The average molecular weight is 429 g/mol. The van der Waals surface area contributed by atoms with E-state index in [-0.39, 0.29) is 23.5 Å². The zero-order valence-corrected chi connectivity index (χ0v) is 16.1. The first-order chi connectivity index (χ1) is 14.3. The van der Waals surface area contributed by atoms with Crippen LogP contribution in [0.15, 0.2) is 72.0 Å². The molecular formula is C21H14F3N3O2S. The summed E-state index contributed by atoms with van der Waals surface area (Å²) >= 11 is 1.27. The zero-order valence-electron chi connectivity index (χ0n) is 15.3. The lowest BCUT2D eigenvalue weighted by atomic mass is 10.1. The standard InChI is InChI=1S/C21H14F3N3O2S/c22-21(23,24)14-3-1-4-15(11-14)26-18-17(16-5-2-10-30-16)19(28)27(20(18)29)12-13-6-8-25-9-7-13/h1-11,26H,12H2. The molecule has 2 aromatic heterocycles. The van der Waals surface area contributed by atoms with E-state index in [1.807, 2.05) is 0 Å². The fourth-order valence-corrected chi connectivity index (χ4v) is 3.84. The molecule has 0 aliphatic carbocycles. The van der Waals surface area contributed by atoms with E-state index in [0.29, 0.717) is 10.4 Å². The summed E-state index contributed by atoms with van der Waals surface area (Å²) in [5.74, 6) is -1.11. The molecule has 1 aromatic carbocycles. The van der Waals surface area contributed by atoms with Crippen LogP contribution in [0.5, 0.6) is 0 Å². The van der Waals surface area contributed by atoms with Crippen molar-refractivity contribution in [1.29, 1.82) is 0 Å². The maximum Gasteiger partial charge on any atom is 0.416 e. The third kappa shape index (κ3) is 3.84. The Morgan fingerprint density at radius 1 is 1.00 bits per heavy atom. The highest BCUT2D eigenvalue weighted by Gasteiger charge is 2.40. The number of amides is 2. The number of halogens is 3. The summed E-state index contributed by atoms with van der Waals surface area (Å²) in [6, 6.07) is 11.3. The van der Waals surface area contributed by atoms with Gasteiger partial charge in [-0.3, -0.25) is 19.5 Å². The summed E-state index contributed by atoms with van der Waals surface area (Å²) in [4.78, 5) is 31.7. The highest BCUT2D eigenvalue weighted by molar-refractivity contribution is 7.11. The number of alkyl halides is 3. The Bertz CT molecular complexity index is 1130. The van der Waals surface area contributed by atoms with Gasteiger partial charge in [0.1, 0.15) is 5.70 Å². The molecule has 0 fully saturated rings. The van der Waals surface area contributed by atoms with Gasteiger partial charge in [0.15, 0.2) is 0 Å². The number of thiophene rings is 1. The molecule has 2 amide bonds. The van der Waals surface area contributed by atoms with E-state index < -0.39 is 23.6 Å². The molecule has 152 valence electrons. The first-order valence-electron chi connectivity index (χ1n) is 8.82. The number of carbonyl (C=O) groups is 2. The smallest absolute Gasteiger partial charge is 0.350 e. The number of nitrogens with one attached hydrogen (secondary N) is 1. The van der Waals surface area contributed by atoms with Crippen molar-refractivity contribution in [1.82, 2.24) is 9.88 Å². The molecule has 0 saturated carbocycles. The van der Waals surface area contributed by atoms with E-state index in [9.17, 15) is 22.8 Å². The van der Waals surface area contributed by atoms with Gasteiger partial charge in [-0.15, -0.1) is 11.3 Å². The van der Waals surface area contributed by atoms with E-state index in [1.165, 1.54) is 23.5 Å². The third-order valence-corrected chi connectivity index (χ3v) is 5.37. The van der Waals surface area contributed by atoms with Gasteiger partial charge in [-0.2, -0.15) is 13.2 Å². The van der Waals surface area contributed by atoms with Crippen molar-refractivity contribution in [3.05, 3.63) is 88.0 Å². The predicted molar refractivity (Wildman–Crippen MR) is 106 cm³/mol. The maximum absolute atomic E-state index is 13.1.